The van der Waals surface area contributed by atoms with E-state index in [4.69, 9.17) is 4.74 Å². The fourth-order valence-electron chi connectivity index (χ4n) is 1.51. The van der Waals surface area contributed by atoms with Crippen molar-refractivity contribution in [3.63, 3.8) is 0 Å². The fourth-order valence-corrected chi connectivity index (χ4v) is 1.51. The lowest BCUT2D eigenvalue weighted by Crippen LogP contribution is -2.46. The van der Waals surface area contributed by atoms with E-state index in [9.17, 15) is 8.78 Å². The van der Waals surface area contributed by atoms with Crippen LogP contribution in [0.3, 0.4) is 0 Å². The number of alkyl halides is 2. The summed E-state index contributed by atoms with van der Waals surface area (Å²) < 4.78 is 31.6. The molecule has 0 unspecified atom stereocenters. The van der Waals surface area contributed by atoms with Crippen LogP contribution in [-0.4, -0.2) is 55.9 Å². The summed E-state index contributed by atoms with van der Waals surface area (Å²) in [7, 11) is 1.52. The van der Waals surface area contributed by atoms with Crippen LogP contribution in [0.25, 0.3) is 0 Å². The molecule has 0 spiro atoms. The van der Waals surface area contributed by atoms with Crippen LogP contribution in [0, 0.1) is 0 Å². The molecule has 0 aromatic heterocycles. The Labute approximate surface area is 77.3 Å². The fraction of sp³-hybridized carbons (Fsp3) is 1.00. The molecule has 1 aliphatic rings. The van der Waals surface area contributed by atoms with Crippen molar-refractivity contribution in [1.29, 1.82) is 0 Å². The molecule has 3 nitrogen and oxygen atoms in total. The summed E-state index contributed by atoms with van der Waals surface area (Å²) in [6.45, 7) is 3.63. The summed E-state index contributed by atoms with van der Waals surface area (Å²) in [5.74, 6) is 0. The largest absolute Gasteiger partial charge is 0.383 e. The van der Waals surface area contributed by atoms with Crippen molar-refractivity contribution < 1.29 is 13.5 Å². The molecule has 1 heterocycles. The van der Waals surface area contributed by atoms with Crippen molar-refractivity contribution in [2.75, 3.05) is 39.9 Å². The summed E-state index contributed by atoms with van der Waals surface area (Å²) in [6.07, 6.45) is -2.78. The molecule has 1 rings (SSSR count). The van der Waals surface area contributed by atoms with E-state index in [1.54, 1.807) is 6.92 Å². The lowest BCUT2D eigenvalue weighted by atomic mass is 10.5. The number of ether oxygens (including phenoxy) is 1. The lowest BCUT2D eigenvalue weighted by molar-refractivity contribution is -0.210. The minimum absolute atomic E-state index is 0.292. The molecule has 5 heteroatoms. The van der Waals surface area contributed by atoms with Crippen molar-refractivity contribution in [3.8, 4) is 0 Å². The lowest BCUT2D eigenvalue weighted by Gasteiger charge is -2.28. The summed E-state index contributed by atoms with van der Waals surface area (Å²) in [5.41, 5.74) is 0. The first kappa shape index (κ1) is 10.8. The third-order valence-electron chi connectivity index (χ3n) is 2.35. The van der Waals surface area contributed by atoms with Crippen LogP contribution in [-0.2, 0) is 4.74 Å². The van der Waals surface area contributed by atoms with Gasteiger partial charge in [0.05, 0.1) is 6.61 Å². The summed E-state index contributed by atoms with van der Waals surface area (Å²) in [6, 6.07) is 0. The average Bonchev–Trinajstić information content (AvgIpc) is 2.37. The highest BCUT2D eigenvalue weighted by Crippen LogP contribution is 2.28. The Kier molecular flexibility index (Phi) is 3.58. The standard InChI is InChI=1S/C8H16F2N2O/c1-3-11-4-5-12(6-7-13-2)8(11,9)10/h3-7H2,1-2H3. The van der Waals surface area contributed by atoms with E-state index in [2.05, 4.69) is 0 Å². The molecule has 0 bridgehead atoms. The monoisotopic (exact) mass is 194 g/mol. The van der Waals surface area contributed by atoms with Gasteiger partial charge >= 0.3 is 6.17 Å². The molecule has 78 valence electrons. The summed E-state index contributed by atoms with van der Waals surface area (Å²) in [5, 5.41) is 0. The maximum atomic E-state index is 13.4. The van der Waals surface area contributed by atoms with Crippen molar-refractivity contribution >= 4 is 0 Å². The topological polar surface area (TPSA) is 15.7 Å². The highest BCUT2D eigenvalue weighted by atomic mass is 19.3. The van der Waals surface area contributed by atoms with Crippen LogP contribution in [0.5, 0.6) is 0 Å². The predicted octanol–water partition coefficient (Wildman–Crippen LogP) is 0.821. The van der Waals surface area contributed by atoms with Gasteiger partial charge < -0.3 is 4.74 Å². The third-order valence-corrected chi connectivity index (χ3v) is 2.35. The van der Waals surface area contributed by atoms with Gasteiger partial charge in [0.1, 0.15) is 0 Å². The molecular formula is C8H16F2N2O. The van der Waals surface area contributed by atoms with Gasteiger partial charge in [-0.25, -0.2) is 9.80 Å². The van der Waals surface area contributed by atoms with E-state index in [1.165, 1.54) is 12.0 Å². The zero-order valence-corrected chi connectivity index (χ0v) is 8.09. The van der Waals surface area contributed by atoms with Crippen LogP contribution in [0.1, 0.15) is 6.92 Å². The molecule has 0 aromatic carbocycles. The Bertz CT molecular complexity index is 166. The highest BCUT2D eigenvalue weighted by Gasteiger charge is 2.47. The van der Waals surface area contributed by atoms with Gasteiger partial charge in [0, 0.05) is 33.3 Å². The van der Waals surface area contributed by atoms with E-state index in [0.717, 1.165) is 4.90 Å². The van der Waals surface area contributed by atoms with Crippen LogP contribution in [0.15, 0.2) is 0 Å². The molecule has 0 radical (unpaired) electrons. The van der Waals surface area contributed by atoms with E-state index < -0.39 is 6.17 Å². The molecule has 1 aliphatic heterocycles. The third kappa shape index (κ3) is 2.15. The van der Waals surface area contributed by atoms with Gasteiger partial charge in [-0.1, -0.05) is 6.92 Å². The number of likely N-dealkylation sites (N-methyl/N-ethyl adjacent to an activating group) is 1. The number of halogens is 2. The molecule has 0 atom stereocenters. The molecule has 0 amide bonds. The van der Waals surface area contributed by atoms with Crippen LogP contribution < -0.4 is 0 Å². The molecule has 1 saturated heterocycles. The molecular weight excluding hydrogens is 178 g/mol. The minimum Gasteiger partial charge on any atom is -0.383 e. The Hall–Kier alpha value is -0.260. The molecule has 0 N–H and O–H groups in total. The smallest absolute Gasteiger partial charge is 0.369 e. The van der Waals surface area contributed by atoms with Crippen LogP contribution in [0.2, 0.25) is 0 Å². The van der Waals surface area contributed by atoms with Gasteiger partial charge in [-0.2, -0.15) is 8.78 Å². The molecule has 0 saturated carbocycles. The Balaban J connectivity index is 2.48. The first-order valence-electron chi connectivity index (χ1n) is 4.49. The van der Waals surface area contributed by atoms with Gasteiger partial charge in [0.15, 0.2) is 0 Å². The number of rotatable bonds is 4. The van der Waals surface area contributed by atoms with Crippen LogP contribution >= 0.6 is 0 Å². The molecule has 0 aromatic rings. The Morgan fingerprint density at radius 3 is 2.38 bits per heavy atom. The first-order chi connectivity index (χ1) is 6.12. The quantitative estimate of drug-likeness (QED) is 0.616. The van der Waals surface area contributed by atoms with E-state index in [-0.39, 0.29) is 0 Å². The van der Waals surface area contributed by atoms with Gasteiger partial charge in [0.2, 0.25) is 0 Å². The molecule has 0 aliphatic carbocycles. The Morgan fingerprint density at radius 2 is 1.92 bits per heavy atom. The van der Waals surface area contributed by atoms with Crippen molar-refractivity contribution in [3.05, 3.63) is 0 Å². The molecule has 1 fully saturated rings. The van der Waals surface area contributed by atoms with Gasteiger partial charge in [-0.15, -0.1) is 0 Å². The normalized spacial score (nSPS) is 24.0. The molecule has 13 heavy (non-hydrogen) atoms. The minimum atomic E-state index is -2.78. The zero-order valence-electron chi connectivity index (χ0n) is 8.09. The van der Waals surface area contributed by atoms with Crippen LogP contribution in [0.4, 0.5) is 8.78 Å². The second kappa shape index (κ2) is 4.30. The maximum absolute atomic E-state index is 13.4. The summed E-state index contributed by atoms with van der Waals surface area (Å²) >= 11 is 0. The second-order valence-electron chi connectivity index (χ2n) is 3.07. The Morgan fingerprint density at radius 1 is 1.31 bits per heavy atom. The highest BCUT2D eigenvalue weighted by molar-refractivity contribution is 4.79. The number of methoxy groups -OCH3 is 1. The van der Waals surface area contributed by atoms with Gasteiger partial charge in [-0.05, 0) is 0 Å². The number of hydrogen-bond acceptors (Lipinski definition) is 3. The summed E-state index contributed by atoms with van der Waals surface area (Å²) in [4.78, 5) is 2.32. The number of hydrogen-bond donors (Lipinski definition) is 0. The first-order valence-corrected chi connectivity index (χ1v) is 4.49. The predicted molar refractivity (Wildman–Crippen MR) is 45.6 cm³/mol. The van der Waals surface area contributed by atoms with Gasteiger partial charge in [0.25, 0.3) is 0 Å². The van der Waals surface area contributed by atoms with E-state index in [0.29, 0.717) is 32.8 Å². The van der Waals surface area contributed by atoms with Gasteiger partial charge in [-0.3, -0.25) is 0 Å². The maximum Gasteiger partial charge on any atom is 0.369 e. The van der Waals surface area contributed by atoms with Crippen molar-refractivity contribution in [2.24, 2.45) is 0 Å². The SMILES string of the molecule is CCN1CCN(CCOC)C1(F)F. The zero-order chi connectivity index (χ0) is 9.90. The number of nitrogens with zero attached hydrogens (tertiary/aromatic N) is 2. The average molecular weight is 194 g/mol. The van der Waals surface area contributed by atoms with Crippen molar-refractivity contribution in [1.82, 2.24) is 9.80 Å². The van der Waals surface area contributed by atoms with Crippen molar-refractivity contribution in [2.45, 2.75) is 13.1 Å². The second-order valence-corrected chi connectivity index (χ2v) is 3.07. The van der Waals surface area contributed by atoms with E-state index in [1.807, 2.05) is 0 Å². The van der Waals surface area contributed by atoms with E-state index >= 15 is 0 Å².